The highest BCUT2D eigenvalue weighted by molar-refractivity contribution is 5.70. The van der Waals surface area contributed by atoms with E-state index in [1.54, 1.807) is 0 Å². The zero-order valence-corrected chi connectivity index (χ0v) is 15.7. The highest BCUT2D eigenvalue weighted by Crippen LogP contribution is 2.28. The molecule has 27 heavy (non-hydrogen) atoms. The Morgan fingerprint density at radius 1 is 0.852 bits per heavy atom. The molecule has 4 rings (SSSR count). The zero-order valence-electron chi connectivity index (χ0n) is 15.7. The average Bonchev–Trinajstić information content (AvgIpc) is 3.10. The molecule has 0 aliphatic heterocycles. The normalized spacial score (nSPS) is 10.9. The van der Waals surface area contributed by atoms with Gasteiger partial charge < -0.3 is 4.98 Å². The molecule has 2 aromatic carbocycles. The molecule has 2 heterocycles. The van der Waals surface area contributed by atoms with Crippen LogP contribution in [0.5, 0.6) is 0 Å². The second-order valence-corrected chi connectivity index (χ2v) is 6.85. The third-order valence-electron chi connectivity index (χ3n) is 4.85. The lowest BCUT2D eigenvalue weighted by atomic mass is 10.1. The van der Waals surface area contributed by atoms with Crippen LogP contribution in [0.3, 0.4) is 0 Å². The maximum absolute atomic E-state index is 12.4. The van der Waals surface area contributed by atoms with Gasteiger partial charge in [-0.1, -0.05) is 36.4 Å². The summed E-state index contributed by atoms with van der Waals surface area (Å²) in [5.74, 6) is 0. The summed E-state index contributed by atoms with van der Waals surface area (Å²) in [6.07, 6.45) is 0. The van der Waals surface area contributed by atoms with Crippen LogP contribution >= 0.6 is 0 Å². The fourth-order valence-electron chi connectivity index (χ4n) is 3.16. The fraction of sp³-hybridized carbons (Fsp3) is 0.130. The van der Waals surface area contributed by atoms with Crippen molar-refractivity contribution in [3.63, 3.8) is 0 Å². The first-order valence-corrected chi connectivity index (χ1v) is 8.96. The van der Waals surface area contributed by atoms with Crippen LogP contribution in [-0.2, 0) is 0 Å². The number of pyridine rings is 1. The van der Waals surface area contributed by atoms with Crippen molar-refractivity contribution in [2.24, 2.45) is 0 Å². The molecule has 0 aliphatic rings. The van der Waals surface area contributed by atoms with E-state index in [4.69, 9.17) is 5.10 Å². The number of nitrogens with one attached hydrogen (secondary N) is 1. The van der Waals surface area contributed by atoms with Crippen molar-refractivity contribution < 1.29 is 0 Å². The quantitative estimate of drug-likeness (QED) is 0.573. The van der Waals surface area contributed by atoms with Crippen LogP contribution in [0.15, 0.2) is 71.5 Å². The van der Waals surface area contributed by atoms with Gasteiger partial charge in [-0.25, -0.2) is 4.68 Å². The number of H-pyrrole nitrogens is 1. The van der Waals surface area contributed by atoms with Crippen LogP contribution in [0.1, 0.15) is 16.8 Å². The van der Waals surface area contributed by atoms with Crippen molar-refractivity contribution in [1.29, 1.82) is 0 Å². The van der Waals surface area contributed by atoms with Crippen molar-refractivity contribution in [3.8, 4) is 28.2 Å². The van der Waals surface area contributed by atoms with E-state index in [9.17, 15) is 4.79 Å². The van der Waals surface area contributed by atoms with E-state index < -0.39 is 0 Å². The van der Waals surface area contributed by atoms with Crippen LogP contribution in [0, 0.1) is 20.8 Å². The van der Waals surface area contributed by atoms with Gasteiger partial charge in [0.2, 0.25) is 0 Å². The molecule has 0 bridgehead atoms. The lowest BCUT2D eigenvalue weighted by Crippen LogP contribution is -2.10. The Labute approximate surface area is 158 Å². The molecule has 0 aliphatic carbocycles. The first-order valence-electron chi connectivity index (χ1n) is 8.96. The second-order valence-electron chi connectivity index (χ2n) is 6.85. The Morgan fingerprint density at radius 2 is 1.63 bits per heavy atom. The molecule has 4 heteroatoms. The van der Waals surface area contributed by atoms with Crippen LogP contribution in [0.4, 0.5) is 0 Å². The molecule has 134 valence electrons. The van der Waals surface area contributed by atoms with Gasteiger partial charge in [-0.15, -0.1) is 0 Å². The number of hydrogen-bond donors (Lipinski definition) is 1. The van der Waals surface area contributed by atoms with Gasteiger partial charge in [-0.05, 0) is 62.2 Å². The summed E-state index contributed by atoms with van der Waals surface area (Å²) in [6, 6.07) is 22.1. The van der Waals surface area contributed by atoms with Gasteiger partial charge in [0, 0.05) is 11.3 Å². The summed E-state index contributed by atoms with van der Waals surface area (Å²) >= 11 is 0. The van der Waals surface area contributed by atoms with Crippen LogP contribution < -0.4 is 5.56 Å². The van der Waals surface area contributed by atoms with Crippen molar-refractivity contribution in [1.82, 2.24) is 14.8 Å². The first kappa shape index (κ1) is 17.0. The summed E-state index contributed by atoms with van der Waals surface area (Å²) in [4.78, 5) is 15.3. The van der Waals surface area contributed by atoms with E-state index in [-0.39, 0.29) is 5.56 Å². The van der Waals surface area contributed by atoms with Crippen molar-refractivity contribution >= 4 is 0 Å². The predicted octanol–water partition coefficient (Wildman–Crippen LogP) is 4.82. The van der Waals surface area contributed by atoms with Gasteiger partial charge in [0.05, 0.1) is 22.6 Å². The SMILES string of the molecule is Cc1ccc(-c2cc(-c3ccccc3)n(-c3ccc(C)c(C)c3)n2)c(=O)[nH]1. The maximum atomic E-state index is 12.4. The molecular formula is C23H21N3O. The second kappa shape index (κ2) is 6.72. The number of aromatic amines is 1. The van der Waals surface area contributed by atoms with Crippen molar-refractivity contribution in [2.45, 2.75) is 20.8 Å². The average molecular weight is 355 g/mol. The summed E-state index contributed by atoms with van der Waals surface area (Å²) in [5.41, 5.74) is 7.37. The largest absolute Gasteiger partial charge is 0.326 e. The molecule has 4 aromatic rings. The Bertz CT molecular complexity index is 1170. The third kappa shape index (κ3) is 3.22. The van der Waals surface area contributed by atoms with Crippen LogP contribution in [-0.4, -0.2) is 14.8 Å². The smallest absolute Gasteiger partial charge is 0.257 e. The lowest BCUT2D eigenvalue weighted by Gasteiger charge is -2.09. The Morgan fingerprint density at radius 3 is 2.33 bits per heavy atom. The number of nitrogens with zero attached hydrogens (tertiary/aromatic N) is 2. The molecule has 0 fully saturated rings. The predicted molar refractivity (Wildman–Crippen MR) is 109 cm³/mol. The van der Waals surface area contributed by atoms with Gasteiger partial charge >= 0.3 is 0 Å². The minimum atomic E-state index is -0.126. The molecule has 0 radical (unpaired) electrons. The highest BCUT2D eigenvalue weighted by Gasteiger charge is 2.15. The lowest BCUT2D eigenvalue weighted by molar-refractivity contribution is 0.888. The monoisotopic (exact) mass is 355 g/mol. The minimum absolute atomic E-state index is 0.126. The van der Waals surface area contributed by atoms with Crippen molar-refractivity contribution in [2.75, 3.05) is 0 Å². The molecule has 0 atom stereocenters. The molecule has 2 aromatic heterocycles. The Kier molecular flexibility index (Phi) is 4.24. The van der Waals surface area contributed by atoms with Crippen LogP contribution in [0.2, 0.25) is 0 Å². The first-order chi connectivity index (χ1) is 13.0. The standard InChI is InChI=1S/C23H21N3O/c1-15-9-11-19(13-16(15)2)26-22(18-7-5-4-6-8-18)14-21(25-26)20-12-10-17(3)24-23(20)27/h4-14H,1-3H3,(H,24,27). The molecule has 0 amide bonds. The fourth-order valence-corrected chi connectivity index (χ4v) is 3.16. The Balaban J connectivity index is 1.95. The topological polar surface area (TPSA) is 50.7 Å². The van der Waals surface area contributed by atoms with Crippen LogP contribution in [0.25, 0.3) is 28.2 Å². The van der Waals surface area contributed by atoms with E-state index in [2.05, 4.69) is 49.2 Å². The van der Waals surface area contributed by atoms with Gasteiger partial charge in [-0.3, -0.25) is 4.79 Å². The van der Waals surface area contributed by atoms with Gasteiger partial charge in [0.1, 0.15) is 0 Å². The molecule has 4 nitrogen and oxygen atoms in total. The molecule has 0 saturated carbocycles. The number of rotatable bonds is 3. The number of benzene rings is 2. The van der Waals surface area contributed by atoms with E-state index >= 15 is 0 Å². The number of hydrogen-bond acceptors (Lipinski definition) is 2. The maximum Gasteiger partial charge on any atom is 0.257 e. The van der Waals surface area contributed by atoms with Crippen molar-refractivity contribution in [3.05, 3.63) is 93.9 Å². The molecule has 0 spiro atoms. The van der Waals surface area contributed by atoms with E-state index in [0.29, 0.717) is 11.3 Å². The van der Waals surface area contributed by atoms with E-state index in [1.165, 1.54) is 11.1 Å². The van der Waals surface area contributed by atoms with E-state index in [1.807, 2.05) is 48.0 Å². The minimum Gasteiger partial charge on any atom is -0.326 e. The summed E-state index contributed by atoms with van der Waals surface area (Å²) in [7, 11) is 0. The summed E-state index contributed by atoms with van der Waals surface area (Å²) in [6.45, 7) is 6.06. The summed E-state index contributed by atoms with van der Waals surface area (Å²) in [5, 5.41) is 4.79. The third-order valence-corrected chi connectivity index (χ3v) is 4.85. The highest BCUT2D eigenvalue weighted by atomic mass is 16.1. The molecule has 0 saturated heterocycles. The van der Waals surface area contributed by atoms with Gasteiger partial charge in [0.15, 0.2) is 0 Å². The van der Waals surface area contributed by atoms with E-state index in [0.717, 1.165) is 22.6 Å². The molecule has 1 N–H and O–H groups in total. The number of aryl methyl sites for hydroxylation is 3. The number of aromatic nitrogens is 3. The Hall–Kier alpha value is -3.40. The molecular weight excluding hydrogens is 334 g/mol. The zero-order chi connectivity index (χ0) is 19.0. The van der Waals surface area contributed by atoms with Gasteiger partial charge in [-0.2, -0.15) is 5.10 Å². The van der Waals surface area contributed by atoms with Gasteiger partial charge in [0.25, 0.3) is 5.56 Å². The molecule has 0 unspecified atom stereocenters. The summed E-state index contributed by atoms with van der Waals surface area (Å²) < 4.78 is 1.91.